The zero-order valence-corrected chi connectivity index (χ0v) is 15.6. The summed E-state index contributed by atoms with van der Waals surface area (Å²) < 4.78 is 19.8. The van der Waals surface area contributed by atoms with Gasteiger partial charge in [-0.3, -0.25) is 4.79 Å². The molecule has 6 heteroatoms. The molecule has 142 valence electrons. The first-order chi connectivity index (χ1) is 14.1. The fraction of sp³-hybridized carbons (Fsp3) is 0.0870. The van der Waals surface area contributed by atoms with Crippen LogP contribution >= 0.6 is 0 Å². The molecule has 0 spiro atoms. The van der Waals surface area contributed by atoms with Gasteiger partial charge in [0.2, 0.25) is 5.91 Å². The number of carbonyl (C=O) groups is 1. The second kappa shape index (κ2) is 7.56. The van der Waals surface area contributed by atoms with Crippen molar-refractivity contribution in [1.82, 2.24) is 0 Å². The van der Waals surface area contributed by atoms with Crippen LogP contribution in [0.25, 0.3) is 11.1 Å². The Balaban J connectivity index is 1.87. The lowest BCUT2D eigenvalue weighted by Crippen LogP contribution is -2.15. The SMILES string of the molecule is COc1cc2c(cc1-c1ccccc1F)NC(=O)CC(c1cccc(C#N)c1)=N2. The van der Waals surface area contributed by atoms with Gasteiger partial charge in [0.1, 0.15) is 11.6 Å². The maximum atomic E-state index is 14.3. The Bertz CT molecular complexity index is 1190. The number of nitriles is 1. The molecule has 29 heavy (non-hydrogen) atoms. The molecule has 1 amide bonds. The molecule has 0 atom stereocenters. The zero-order valence-electron chi connectivity index (χ0n) is 15.6. The Morgan fingerprint density at radius 1 is 1.10 bits per heavy atom. The minimum absolute atomic E-state index is 0.0565. The van der Waals surface area contributed by atoms with Gasteiger partial charge >= 0.3 is 0 Å². The third-order valence-electron chi connectivity index (χ3n) is 4.66. The summed E-state index contributed by atoms with van der Waals surface area (Å²) in [6, 6.07) is 18.8. The van der Waals surface area contributed by atoms with E-state index in [4.69, 9.17) is 10.00 Å². The highest BCUT2D eigenvalue weighted by Gasteiger charge is 2.21. The fourth-order valence-corrected chi connectivity index (χ4v) is 3.29. The third-order valence-corrected chi connectivity index (χ3v) is 4.66. The lowest BCUT2D eigenvalue weighted by Gasteiger charge is -2.14. The number of benzene rings is 3. The summed E-state index contributed by atoms with van der Waals surface area (Å²) in [7, 11) is 1.50. The van der Waals surface area contributed by atoms with Crippen molar-refractivity contribution in [1.29, 1.82) is 5.26 Å². The van der Waals surface area contributed by atoms with Crippen LogP contribution in [0.1, 0.15) is 17.5 Å². The predicted octanol–water partition coefficient (Wildman–Crippen LogP) is 4.84. The summed E-state index contributed by atoms with van der Waals surface area (Å²) in [5.74, 6) is -0.184. The van der Waals surface area contributed by atoms with Crippen molar-refractivity contribution in [2.45, 2.75) is 6.42 Å². The molecule has 4 rings (SSSR count). The number of carbonyl (C=O) groups excluding carboxylic acids is 1. The van der Waals surface area contributed by atoms with Crippen LogP contribution in [0.3, 0.4) is 0 Å². The van der Waals surface area contributed by atoms with Gasteiger partial charge in [0.15, 0.2) is 0 Å². The second-order valence-corrected chi connectivity index (χ2v) is 6.53. The first-order valence-electron chi connectivity index (χ1n) is 8.94. The molecule has 3 aromatic carbocycles. The number of halogens is 1. The van der Waals surface area contributed by atoms with Gasteiger partial charge in [-0.25, -0.2) is 9.38 Å². The molecular weight excluding hydrogens is 369 g/mol. The lowest BCUT2D eigenvalue weighted by molar-refractivity contribution is -0.115. The predicted molar refractivity (Wildman–Crippen MR) is 109 cm³/mol. The summed E-state index contributed by atoms with van der Waals surface area (Å²) in [5.41, 5.74) is 3.60. The standard InChI is InChI=1S/C23H16FN3O2/c1-29-22-11-21-20(10-17(22)16-7-2-3-8-18(16)24)27-23(28)12-19(26-21)15-6-4-5-14(9-15)13-25/h2-11H,12H2,1H3,(H,27,28). The van der Waals surface area contributed by atoms with Crippen molar-refractivity contribution in [3.05, 3.63) is 77.6 Å². The largest absolute Gasteiger partial charge is 0.496 e. The van der Waals surface area contributed by atoms with E-state index in [1.807, 2.05) is 6.07 Å². The Morgan fingerprint density at radius 2 is 1.93 bits per heavy atom. The minimum Gasteiger partial charge on any atom is -0.496 e. The van der Waals surface area contributed by atoms with E-state index in [0.717, 1.165) is 0 Å². The van der Waals surface area contributed by atoms with Crippen molar-refractivity contribution >= 4 is 23.0 Å². The van der Waals surface area contributed by atoms with Gasteiger partial charge in [-0.05, 0) is 29.8 Å². The summed E-state index contributed by atoms with van der Waals surface area (Å²) in [6.07, 6.45) is 0.0565. The molecule has 0 fully saturated rings. The van der Waals surface area contributed by atoms with Crippen LogP contribution in [0.2, 0.25) is 0 Å². The summed E-state index contributed by atoms with van der Waals surface area (Å²) in [6.45, 7) is 0. The quantitative estimate of drug-likeness (QED) is 0.701. The first-order valence-corrected chi connectivity index (χ1v) is 8.94. The van der Waals surface area contributed by atoms with Gasteiger partial charge in [0, 0.05) is 17.2 Å². The van der Waals surface area contributed by atoms with Gasteiger partial charge in [0.05, 0.1) is 42.2 Å². The van der Waals surface area contributed by atoms with Gasteiger partial charge in [-0.15, -0.1) is 0 Å². The van der Waals surface area contributed by atoms with E-state index in [2.05, 4.69) is 16.4 Å². The molecule has 1 heterocycles. The lowest BCUT2D eigenvalue weighted by atomic mass is 10.0. The van der Waals surface area contributed by atoms with Crippen molar-refractivity contribution in [3.63, 3.8) is 0 Å². The maximum absolute atomic E-state index is 14.3. The number of nitrogens with zero attached hydrogens (tertiary/aromatic N) is 2. The topological polar surface area (TPSA) is 74.5 Å². The highest BCUT2D eigenvalue weighted by atomic mass is 19.1. The van der Waals surface area contributed by atoms with E-state index in [1.165, 1.54) is 13.2 Å². The van der Waals surface area contributed by atoms with Gasteiger partial charge < -0.3 is 10.1 Å². The number of hydrogen-bond donors (Lipinski definition) is 1. The van der Waals surface area contributed by atoms with Crippen LogP contribution in [0.4, 0.5) is 15.8 Å². The van der Waals surface area contributed by atoms with E-state index < -0.39 is 0 Å². The van der Waals surface area contributed by atoms with Crippen molar-refractivity contribution < 1.29 is 13.9 Å². The van der Waals surface area contributed by atoms with E-state index in [-0.39, 0.29) is 18.1 Å². The second-order valence-electron chi connectivity index (χ2n) is 6.53. The molecular formula is C23H16FN3O2. The monoisotopic (exact) mass is 385 g/mol. The number of amides is 1. The number of nitrogens with one attached hydrogen (secondary N) is 1. The molecule has 0 aliphatic carbocycles. The molecule has 0 bridgehead atoms. The molecule has 0 radical (unpaired) electrons. The third kappa shape index (κ3) is 3.58. The first kappa shape index (κ1) is 18.4. The zero-order chi connectivity index (χ0) is 20.4. The van der Waals surface area contributed by atoms with Crippen LogP contribution in [-0.2, 0) is 4.79 Å². The summed E-state index contributed by atoms with van der Waals surface area (Å²) >= 11 is 0. The van der Waals surface area contributed by atoms with Crippen molar-refractivity contribution in [3.8, 4) is 22.9 Å². The van der Waals surface area contributed by atoms with Gasteiger partial charge in [0.25, 0.3) is 0 Å². The number of ether oxygens (including phenoxy) is 1. The van der Waals surface area contributed by atoms with Crippen LogP contribution in [-0.4, -0.2) is 18.7 Å². The Labute approximate surface area is 167 Å². The Morgan fingerprint density at radius 3 is 2.69 bits per heavy atom. The molecule has 1 N–H and O–H groups in total. The molecule has 0 saturated heterocycles. The van der Waals surface area contributed by atoms with Gasteiger partial charge in [-0.1, -0.05) is 30.3 Å². The molecule has 5 nitrogen and oxygen atoms in total. The normalized spacial score (nSPS) is 12.9. The Kier molecular flexibility index (Phi) is 4.80. The van der Waals surface area contributed by atoms with Crippen LogP contribution in [0.5, 0.6) is 5.75 Å². The molecule has 1 aliphatic rings. The van der Waals surface area contributed by atoms with Crippen molar-refractivity contribution in [2.75, 3.05) is 12.4 Å². The highest BCUT2D eigenvalue weighted by molar-refractivity contribution is 6.17. The fourth-order valence-electron chi connectivity index (χ4n) is 3.29. The average Bonchev–Trinajstić information content (AvgIpc) is 2.90. The number of rotatable bonds is 3. The Hall–Kier alpha value is -3.98. The van der Waals surface area contributed by atoms with E-state index in [9.17, 15) is 9.18 Å². The smallest absolute Gasteiger partial charge is 0.230 e. The molecule has 0 unspecified atom stereocenters. The summed E-state index contributed by atoms with van der Waals surface area (Å²) in [4.78, 5) is 17.1. The molecule has 3 aromatic rings. The summed E-state index contributed by atoms with van der Waals surface area (Å²) in [5, 5.41) is 12.0. The molecule has 0 aromatic heterocycles. The van der Waals surface area contributed by atoms with Gasteiger partial charge in [-0.2, -0.15) is 5.26 Å². The number of anilines is 1. The average molecular weight is 385 g/mol. The number of hydrogen-bond acceptors (Lipinski definition) is 4. The minimum atomic E-state index is -0.386. The van der Waals surface area contributed by atoms with E-state index in [1.54, 1.807) is 48.5 Å². The maximum Gasteiger partial charge on any atom is 0.230 e. The van der Waals surface area contributed by atoms with Crippen molar-refractivity contribution in [2.24, 2.45) is 4.99 Å². The number of aliphatic imine (C=N–C) groups is 1. The molecule has 0 saturated carbocycles. The highest BCUT2D eigenvalue weighted by Crippen LogP contribution is 2.41. The van der Waals surface area contributed by atoms with Crippen LogP contribution in [0, 0.1) is 17.1 Å². The van der Waals surface area contributed by atoms with Crippen LogP contribution < -0.4 is 10.1 Å². The van der Waals surface area contributed by atoms with E-state index >= 15 is 0 Å². The van der Waals surface area contributed by atoms with Crippen LogP contribution in [0.15, 0.2) is 65.7 Å². The van der Waals surface area contributed by atoms with E-state index in [0.29, 0.717) is 45.1 Å². The molecule has 1 aliphatic heterocycles. The number of methoxy groups -OCH3 is 1. The number of fused-ring (bicyclic) bond motifs is 1.